The predicted molar refractivity (Wildman–Crippen MR) is 130 cm³/mol. The predicted octanol–water partition coefficient (Wildman–Crippen LogP) is 5.19. The first kappa shape index (κ1) is 22.9. The van der Waals surface area contributed by atoms with E-state index in [4.69, 9.17) is 4.74 Å². The van der Waals surface area contributed by atoms with Crippen molar-refractivity contribution in [3.63, 3.8) is 0 Å². The van der Waals surface area contributed by atoms with E-state index in [1.807, 2.05) is 75.4 Å². The first-order valence-electron chi connectivity index (χ1n) is 10.7. The van der Waals surface area contributed by atoms with Crippen LogP contribution in [0, 0.1) is 0 Å². The van der Waals surface area contributed by atoms with E-state index in [2.05, 4.69) is 10.6 Å². The average Bonchev–Trinajstić information content (AvgIpc) is 2.79. The Bertz CT molecular complexity index is 1050. The number of nitrogens with zero attached hydrogens (tertiary/aromatic N) is 1. The molecule has 0 aliphatic heterocycles. The zero-order chi connectivity index (χ0) is 22.9. The molecule has 0 saturated heterocycles. The molecule has 2 amide bonds. The molecule has 0 heterocycles. The molecule has 0 spiro atoms. The number of carbonyl (C=O) groups excluding carboxylic acids is 2. The number of ether oxygens (including phenoxy) is 1. The van der Waals surface area contributed by atoms with Gasteiger partial charge in [-0.1, -0.05) is 36.4 Å². The Morgan fingerprint density at radius 1 is 0.938 bits per heavy atom. The monoisotopic (exact) mass is 431 g/mol. The van der Waals surface area contributed by atoms with Gasteiger partial charge in [-0.15, -0.1) is 0 Å². The second kappa shape index (κ2) is 11.0. The minimum absolute atomic E-state index is 0.0330. The van der Waals surface area contributed by atoms with Gasteiger partial charge in [0.2, 0.25) is 5.91 Å². The Balaban J connectivity index is 1.65. The van der Waals surface area contributed by atoms with Crippen LogP contribution >= 0.6 is 0 Å². The molecule has 0 saturated carbocycles. The summed E-state index contributed by atoms with van der Waals surface area (Å²) in [4.78, 5) is 27.2. The van der Waals surface area contributed by atoms with Gasteiger partial charge >= 0.3 is 0 Å². The van der Waals surface area contributed by atoms with Crippen LogP contribution in [0.15, 0.2) is 78.9 Å². The van der Waals surface area contributed by atoms with Gasteiger partial charge in [-0.05, 0) is 63.2 Å². The van der Waals surface area contributed by atoms with Crippen LogP contribution in [0.25, 0.3) is 0 Å². The highest BCUT2D eigenvalue weighted by atomic mass is 16.5. The average molecular weight is 432 g/mol. The number of hydrogen-bond acceptors (Lipinski definition) is 4. The van der Waals surface area contributed by atoms with E-state index >= 15 is 0 Å². The lowest BCUT2D eigenvalue weighted by Crippen LogP contribution is -2.30. The fourth-order valence-electron chi connectivity index (χ4n) is 3.29. The summed E-state index contributed by atoms with van der Waals surface area (Å²) < 4.78 is 5.77. The highest BCUT2D eigenvalue weighted by molar-refractivity contribution is 6.07. The van der Waals surface area contributed by atoms with E-state index in [-0.39, 0.29) is 24.5 Å². The third-order valence-electron chi connectivity index (χ3n) is 4.71. The quantitative estimate of drug-likeness (QED) is 0.489. The first-order valence-corrected chi connectivity index (χ1v) is 10.7. The van der Waals surface area contributed by atoms with Crippen molar-refractivity contribution >= 4 is 28.9 Å². The third kappa shape index (κ3) is 6.11. The maximum absolute atomic E-state index is 13.0. The summed E-state index contributed by atoms with van der Waals surface area (Å²) in [6.45, 7) is 6.45. The Hall–Kier alpha value is -3.80. The number of amides is 2. The maximum atomic E-state index is 13.0. The molecule has 6 nitrogen and oxygen atoms in total. The molecular weight excluding hydrogens is 402 g/mol. The summed E-state index contributed by atoms with van der Waals surface area (Å²) in [5.74, 6) is 0.362. The standard InChI is InChI=1S/C26H29N3O3/c1-4-29(22-13-6-5-7-14-22)26(31)20-11-10-12-21(17-20)28-25(30)18-27-23-15-8-9-16-24(23)32-19(2)3/h5-17,19,27H,4,18H2,1-3H3,(H,28,30). The molecule has 0 atom stereocenters. The van der Waals surface area contributed by atoms with E-state index < -0.39 is 0 Å². The van der Waals surface area contributed by atoms with E-state index in [0.29, 0.717) is 23.5 Å². The SMILES string of the molecule is CCN(C(=O)c1cccc(NC(=O)CNc2ccccc2OC(C)C)c1)c1ccccc1. The highest BCUT2D eigenvalue weighted by Gasteiger charge is 2.16. The zero-order valence-corrected chi connectivity index (χ0v) is 18.7. The van der Waals surface area contributed by atoms with E-state index in [0.717, 1.165) is 11.4 Å². The number of nitrogens with one attached hydrogen (secondary N) is 2. The van der Waals surface area contributed by atoms with E-state index in [1.165, 1.54) is 0 Å². The molecule has 0 unspecified atom stereocenters. The van der Waals surface area contributed by atoms with E-state index in [9.17, 15) is 9.59 Å². The molecule has 0 radical (unpaired) electrons. The fraction of sp³-hybridized carbons (Fsp3) is 0.231. The van der Waals surface area contributed by atoms with Crippen molar-refractivity contribution in [1.82, 2.24) is 0 Å². The minimum atomic E-state index is -0.218. The minimum Gasteiger partial charge on any atom is -0.489 e. The number of para-hydroxylation sites is 3. The lowest BCUT2D eigenvalue weighted by molar-refractivity contribution is -0.114. The van der Waals surface area contributed by atoms with Crippen LogP contribution in [0.1, 0.15) is 31.1 Å². The smallest absolute Gasteiger partial charge is 0.258 e. The summed E-state index contributed by atoms with van der Waals surface area (Å²) in [7, 11) is 0. The van der Waals surface area contributed by atoms with Crippen molar-refractivity contribution < 1.29 is 14.3 Å². The van der Waals surface area contributed by atoms with E-state index in [1.54, 1.807) is 29.2 Å². The third-order valence-corrected chi connectivity index (χ3v) is 4.71. The molecule has 2 N–H and O–H groups in total. The lowest BCUT2D eigenvalue weighted by atomic mass is 10.1. The van der Waals surface area contributed by atoms with Gasteiger partial charge in [-0.2, -0.15) is 0 Å². The van der Waals surface area contributed by atoms with Crippen molar-refractivity contribution in [2.45, 2.75) is 26.9 Å². The van der Waals surface area contributed by atoms with Gasteiger partial charge in [-0.25, -0.2) is 0 Å². The van der Waals surface area contributed by atoms with Crippen LogP contribution in [0.2, 0.25) is 0 Å². The van der Waals surface area contributed by atoms with Gasteiger partial charge in [0.25, 0.3) is 5.91 Å². The number of benzene rings is 3. The number of carbonyl (C=O) groups is 2. The topological polar surface area (TPSA) is 70.7 Å². The summed E-state index contributed by atoms with van der Waals surface area (Å²) in [6, 6.07) is 24.0. The number of rotatable bonds is 9. The van der Waals surface area contributed by atoms with Gasteiger partial charge in [0.15, 0.2) is 0 Å². The van der Waals surface area contributed by atoms with Crippen LogP contribution in [0.3, 0.4) is 0 Å². The summed E-state index contributed by atoms with van der Waals surface area (Å²) >= 11 is 0. The lowest BCUT2D eigenvalue weighted by Gasteiger charge is -2.21. The van der Waals surface area contributed by atoms with Crippen molar-refractivity contribution in [2.75, 3.05) is 28.6 Å². The second-order valence-electron chi connectivity index (χ2n) is 7.53. The normalized spacial score (nSPS) is 10.5. The molecule has 3 rings (SSSR count). The van der Waals surface area contributed by atoms with Gasteiger partial charge in [0, 0.05) is 23.5 Å². The van der Waals surface area contributed by atoms with Crippen molar-refractivity contribution in [1.29, 1.82) is 0 Å². The van der Waals surface area contributed by atoms with Gasteiger partial charge in [0.1, 0.15) is 5.75 Å². The Labute approximate surface area is 189 Å². The van der Waals surface area contributed by atoms with Crippen molar-refractivity contribution in [3.05, 3.63) is 84.4 Å². The van der Waals surface area contributed by atoms with Crippen molar-refractivity contribution in [2.24, 2.45) is 0 Å². The molecule has 0 fully saturated rings. The Kier molecular flexibility index (Phi) is 7.86. The molecule has 6 heteroatoms. The molecule has 0 aliphatic carbocycles. The first-order chi connectivity index (χ1) is 15.5. The Morgan fingerprint density at radius 2 is 1.66 bits per heavy atom. The Morgan fingerprint density at radius 3 is 2.38 bits per heavy atom. The van der Waals surface area contributed by atoms with Gasteiger partial charge in [0.05, 0.1) is 18.3 Å². The summed E-state index contributed by atoms with van der Waals surface area (Å²) in [5, 5.41) is 5.96. The molecule has 3 aromatic rings. The molecule has 0 aromatic heterocycles. The van der Waals surface area contributed by atoms with Crippen LogP contribution < -0.4 is 20.3 Å². The van der Waals surface area contributed by atoms with Crippen LogP contribution in [-0.2, 0) is 4.79 Å². The maximum Gasteiger partial charge on any atom is 0.258 e. The number of anilines is 3. The molecular formula is C26H29N3O3. The zero-order valence-electron chi connectivity index (χ0n) is 18.7. The van der Waals surface area contributed by atoms with Crippen LogP contribution in [-0.4, -0.2) is 31.0 Å². The molecule has 0 bridgehead atoms. The van der Waals surface area contributed by atoms with Crippen LogP contribution in [0.5, 0.6) is 5.75 Å². The largest absolute Gasteiger partial charge is 0.489 e. The second-order valence-corrected chi connectivity index (χ2v) is 7.53. The molecule has 32 heavy (non-hydrogen) atoms. The molecule has 0 aliphatic rings. The molecule has 166 valence electrons. The van der Waals surface area contributed by atoms with Gasteiger partial charge in [-0.3, -0.25) is 9.59 Å². The highest BCUT2D eigenvalue weighted by Crippen LogP contribution is 2.24. The van der Waals surface area contributed by atoms with Gasteiger partial charge < -0.3 is 20.3 Å². The molecule has 3 aromatic carbocycles. The van der Waals surface area contributed by atoms with Crippen molar-refractivity contribution in [3.8, 4) is 5.75 Å². The summed E-state index contributed by atoms with van der Waals surface area (Å²) in [6.07, 6.45) is 0.0330. The summed E-state index contributed by atoms with van der Waals surface area (Å²) in [5.41, 5.74) is 2.67. The van der Waals surface area contributed by atoms with Crippen LogP contribution in [0.4, 0.5) is 17.1 Å². The fourth-order valence-corrected chi connectivity index (χ4v) is 3.29. The number of hydrogen-bond donors (Lipinski definition) is 2.